The van der Waals surface area contributed by atoms with E-state index < -0.39 is 0 Å². The van der Waals surface area contributed by atoms with Crippen molar-refractivity contribution in [1.82, 2.24) is 15.0 Å². The predicted octanol–water partition coefficient (Wildman–Crippen LogP) is 3.50. The highest BCUT2D eigenvalue weighted by Crippen LogP contribution is 2.46. The molecule has 2 heterocycles. The van der Waals surface area contributed by atoms with Crippen LogP contribution in [0.15, 0.2) is 34.9 Å². The number of aromatic nitrogens is 2. The molecule has 2 aromatic rings. The maximum Gasteiger partial charge on any atom is 0.229 e. The average Bonchev–Trinajstić information content (AvgIpc) is 3.05. The number of benzene rings is 1. The van der Waals surface area contributed by atoms with E-state index in [-0.39, 0.29) is 5.41 Å². The second-order valence-corrected chi connectivity index (χ2v) is 7.53. The summed E-state index contributed by atoms with van der Waals surface area (Å²) in [5.74, 6) is 2.08. The third kappa shape index (κ3) is 3.20. The quantitative estimate of drug-likeness (QED) is 0.855. The van der Waals surface area contributed by atoms with E-state index in [2.05, 4.69) is 39.3 Å². The van der Waals surface area contributed by atoms with Gasteiger partial charge in [-0.05, 0) is 37.7 Å². The Morgan fingerprint density at radius 3 is 2.52 bits per heavy atom. The monoisotopic (exact) mass is 339 g/mol. The SMILES string of the molecule is Cc1nc(C2CCN(C(=O)C3(Cc4ccccc4)CCC3)CC2)no1. The minimum Gasteiger partial charge on any atom is -0.342 e. The molecule has 0 bridgehead atoms. The maximum absolute atomic E-state index is 13.2. The first kappa shape index (κ1) is 16.3. The van der Waals surface area contributed by atoms with Crippen molar-refractivity contribution in [3.8, 4) is 0 Å². The van der Waals surface area contributed by atoms with Crippen LogP contribution in [0.4, 0.5) is 0 Å². The molecule has 1 aromatic heterocycles. The topological polar surface area (TPSA) is 59.2 Å². The minimum atomic E-state index is -0.170. The molecule has 1 amide bonds. The molecule has 2 aliphatic rings. The summed E-state index contributed by atoms with van der Waals surface area (Å²) < 4.78 is 5.10. The summed E-state index contributed by atoms with van der Waals surface area (Å²) in [6.07, 6.45) is 5.92. The normalized spacial score (nSPS) is 20.3. The molecule has 0 spiro atoms. The Morgan fingerprint density at radius 2 is 1.96 bits per heavy atom. The summed E-state index contributed by atoms with van der Waals surface area (Å²) in [7, 11) is 0. The van der Waals surface area contributed by atoms with Gasteiger partial charge in [0.25, 0.3) is 0 Å². The van der Waals surface area contributed by atoms with Gasteiger partial charge in [0.2, 0.25) is 11.8 Å². The van der Waals surface area contributed by atoms with Gasteiger partial charge in [-0.25, -0.2) is 0 Å². The van der Waals surface area contributed by atoms with Gasteiger partial charge < -0.3 is 9.42 Å². The molecule has 2 fully saturated rings. The first-order chi connectivity index (χ1) is 12.2. The van der Waals surface area contributed by atoms with Crippen LogP contribution in [0.5, 0.6) is 0 Å². The van der Waals surface area contributed by atoms with Crippen LogP contribution in [0.3, 0.4) is 0 Å². The van der Waals surface area contributed by atoms with Gasteiger partial charge in [0.05, 0.1) is 5.41 Å². The fourth-order valence-corrected chi connectivity index (χ4v) is 4.21. The number of likely N-dealkylation sites (tertiary alicyclic amines) is 1. The largest absolute Gasteiger partial charge is 0.342 e. The standard InChI is InChI=1S/C20H25N3O2/c1-15-21-18(22-25-15)17-8-12-23(13-9-17)19(24)20(10-5-11-20)14-16-6-3-2-4-7-16/h2-4,6-7,17H,5,8-14H2,1H3. The van der Waals surface area contributed by atoms with Crippen molar-refractivity contribution < 1.29 is 9.32 Å². The molecule has 25 heavy (non-hydrogen) atoms. The number of rotatable bonds is 4. The summed E-state index contributed by atoms with van der Waals surface area (Å²) in [6.45, 7) is 3.42. The lowest BCUT2D eigenvalue weighted by atomic mass is 9.64. The molecule has 1 aliphatic heterocycles. The van der Waals surface area contributed by atoms with Crippen LogP contribution in [0.1, 0.15) is 55.3 Å². The summed E-state index contributed by atoms with van der Waals surface area (Å²) >= 11 is 0. The zero-order valence-corrected chi connectivity index (χ0v) is 14.8. The van der Waals surface area contributed by atoms with Crippen molar-refractivity contribution in [2.24, 2.45) is 5.41 Å². The molecule has 1 aliphatic carbocycles. The van der Waals surface area contributed by atoms with Gasteiger partial charge in [0.15, 0.2) is 5.82 Å². The van der Waals surface area contributed by atoms with Crippen LogP contribution in [0.25, 0.3) is 0 Å². The Balaban J connectivity index is 1.41. The van der Waals surface area contributed by atoms with E-state index in [0.29, 0.717) is 17.7 Å². The van der Waals surface area contributed by atoms with Gasteiger partial charge >= 0.3 is 0 Å². The second kappa shape index (κ2) is 6.62. The lowest BCUT2D eigenvalue weighted by molar-refractivity contribution is -0.148. The highest BCUT2D eigenvalue weighted by atomic mass is 16.5. The highest BCUT2D eigenvalue weighted by molar-refractivity contribution is 5.84. The molecule has 0 radical (unpaired) electrons. The van der Waals surface area contributed by atoms with E-state index in [1.807, 2.05) is 13.0 Å². The van der Waals surface area contributed by atoms with Crippen molar-refractivity contribution in [1.29, 1.82) is 0 Å². The fourth-order valence-electron chi connectivity index (χ4n) is 4.21. The van der Waals surface area contributed by atoms with Gasteiger partial charge in [0, 0.05) is 25.9 Å². The van der Waals surface area contributed by atoms with Gasteiger partial charge in [-0.3, -0.25) is 4.79 Å². The molecular formula is C20H25N3O2. The van der Waals surface area contributed by atoms with Crippen molar-refractivity contribution in [3.05, 3.63) is 47.6 Å². The van der Waals surface area contributed by atoms with E-state index in [1.165, 1.54) is 5.56 Å². The maximum atomic E-state index is 13.2. The molecule has 5 nitrogen and oxygen atoms in total. The van der Waals surface area contributed by atoms with Crippen molar-refractivity contribution in [2.45, 2.75) is 51.4 Å². The number of carbonyl (C=O) groups is 1. The molecule has 132 valence electrons. The van der Waals surface area contributed by atoms with Gasteiger partial charge in [-0.1, -0.05) is 41.9 Å². The fraction of sp³-hybridized carbons (Fsp3) is 0.550. The van der Waals surface area contributed by atoms with E-state index in [4.69, 9.17) is 4.52 Å². The Kier molecular flexibility index (Phi) is 4.32. The number of hydrogen-bond acceptors (Lipinski definition) is 4. The number of piperidine rings is 1. The van der Waals surface area contributed by atoms with E-state index in [9.17, 15) is 4.79 Å². The van der Waals surface area contributed by atoms with E-state index in [1.54, 1.807) is 0 Å². The smallest absolute Gasteiger partial charge is 0.229 e. The minimum absolute atomic E-state index is 0.170. The molecule has 5 heteroatoms. The van der Waals surface area contributed by atoms with Gasteiger partial charge in [0.1, 0.15) is 0 Å². The molecule has 1 aromatic carbocycles. The Bertz CT molecular complexity index is 728. The third-order valence-corrected chi connectivity index (χ3v) is 5.84. The zero-order valence-electron chi connectivity index (χ0n) is 14.8. The van der Waals surface area contributed by atoms with E-state index >= 15 is 0 Å². The van der Waals surface area contributed by atoms with Crippen LogP contribution in [0.2, 0.25) is 0 Å². The molecule has 1 saturated heterocycles. The Labute approximate surface area is 148 Å². The number of aryl methyl sites for hydroxylation is 1. The first-order valence-electron chi connectivity index (χ1n) is 9.30. The molecule has 1 saturated carbocycles. The van der Waals surface area contributed by atoms with Gasteiger partial charge in [-0.15, -0.1) is 0 Å². The molecule has 0 unspecified atom stereocenters. The predicted molar refractivity (Wildman–Crippen MR) is 94.0 cm³/mol. The molecular weight excluding hydrogens is 314 g/mol. The summed E-state index contributed by atoms with van der Waals surface area (Å²) in [5, 5.41) is 4.05. The lowest BCUT2D eigenvalue weighted by Crippen LogP contribution is -2.51. The van der Waals surface area contributed by atoms with Gasteiger partial charge in [-0.2, -0.15) is 4.98 Å². The summed E-state index contributed by atoms with van der Waals surface area (Å²) in [4.78, 5) is 19.7. The van der Waals surface area contributed by atoms with Crippen LogP contribution < -0.4 is 0 Å². The third-order valence-electron chi connectivity index (χ3n) is 5.84. The number of carbonyl (C=O) groups excluding carboxylic acids is 1. The van der Waals surface area contributed by atoms with Crippen molar-refractivity contribution >= 4 is 5.91 Å². The van der Waals surface area contributed by atoms with Crippen molar-refractivity contribution in [2.75, 3.05) is 13.1 Å². The molecule has 0 N–H and O–H groups in total. The van der Waals surface area contributed by atoms with Crippen LogP contribution in [-0.4, -0.2) is 34.0 Å². The summed E-state index contributed by atoms with van der Waals surface area (Å²) in [6, 6.07) is 10.4. The number of amides is 1. The van der Waals surface area contributed by atoms with E-state index in [0.717, 1.165) is 57.4 Å². The van der Waals surface area contributed by atoms with Crippen LogP contribution in [0, 0.1) is 12.3 Å². The lowest BCUT2D eigenvalue weighted by Gasteiger charge is -2.45. The van der Waals surface area contributed by atoms with Crippen molar-refractivity contribution in [3.63, 3.8) is 0 Å². The zero-order chi connectivity index (χ0) is 17.3. The number of hydrogen-bond donors (Lipinski definition) is 0. The Hall–Kier alpha value is -2.17. The summed E-state index contributed by atoms with van der Waals surface area (Å²) in [5.41, 5.74) is 1.10. The highest BCUT2D eigenvalue weighted by Gasteiger charge is 2.46. The molecule has 4 rings (SSSR count). The average molecular weight is 339 g/mol. The first-order valence-corrected chi connectivity index (χ1v) is 9.30. The Morgan fingerprint density at radius 1 is 1.24 bits per heavy atom. The molecule has 0 atom stereocenters. The van der Waals surface area contributed by atoms with Crippen LogP contribution >= 0.6 is 0 Å². The number of nitrogens with zero attached hydrogens (tertiary/aromatic N) is 3. The second-order valence-electron chi connectivity index (χ2n) is 7.53. The van der Waals surface area contributed by atoms with Crippen LogP contribution in [-0.2, 0) is 11.2 Å².